The van der Waals surface area contributed by atoms with Gasteiger partial charge in [-0.3, -0.25) is 4.79 Å². The van der Waals surface area contributed by atoms with Gasteiger partial charge in [-0.2, -0.15) is 0 Å². The predicted octanol–water partition coefficient (Wildman–Crippen LogP) is 3.59. The summed E-state index contributed by atoms with van der Waals surface area (Å²) < 4.78 is 16.5. The molecule has 0 saturated heterocycles. The molecule has 2 atom stereocenters. The Morgan fingerprint density at radius 2 is 2.05 bits per heavy atom. The number of aromatic nitrogens is 2. The Balaban J connectivity index is 1.18. The summed E-state index contributed by atoms with van der Waals surface area (Å²) in [5.74, 6) is 2.62. The summed E-state index contributed by atoms with van der Waals surface area (Å²) >= 11 is 0. The number of carbonyl (C=O) groups is 1. The maximum atomic E-state index is 13.3. The van der Waals surface area contributed by atoms with Gasteiger partial charge >= 0.3 is 0 Å². The second-order valence-electron chi connectivity index (χ2n) is 11.5. The first-order valence-corrected chi connectivity index (χ1v) is 15.2. The lowest BCUT2D eigenvalue weighted by Crippen LogP contribution is -2.49. The van der Waals surface area contributed by atoms with Crippen LogP contribution in [0.15, 0.2) is 41.1 Å². The van der Waals surface area contributed by atoms with Crippen LogP contribution in [0.25, 0.3) is 0 Å². The number of hydrogen-bond acceptors (Lipinski definition) is 10. The molecule has 11 heteroatoms. The van der Waals surface area contributed by atoms with Crippen molar-refractivity contribution in [1.29, 1.82) is 0 Å². The number of carbonyl (C=O) groups excluding carboxylic acids is 1. The van der Waals surface area contributed by atoms with Gasteiger partial charge in [0.25, 0.3) is 5.91 Å². The van der Waals surface area contributed by atoms with Gasteiger partial charge in [0.05, 0.1) is 18.4 Å². The van der Waals surface area contributed by atoms with E-state index in [-0.39, 0.29) is 18.5 Å². The molecule has 2 aromatic heterocycles. The minimum Gasteiger partial charge on any atom is -0.486 e. The van der Waals surface area contributed by atoms with Crippen molar-refractivity contribution in [3.63, 3.8) is 0 Å². The number of anilines is 2. The van der Waals surface area contributed by atoms with Crippen molar-refractivity contribution in [2.24, 2.45) is 0 Å². The van der Waals surface area contributed by atoms with Crippen LogP contribution in [-0.4, -0.2) is 73.0 Å². The molecule has 2 aliphatic rings. The third kappa shape index (κ3) is 8.25. The van der Waals surface area contributed by atoms with Gasteiger partial charge in [0.15, 0.2) is 12.2 Å². The van der Waals surface area contributed by atoms with Gasteiger partial charge in [-0.15, -0.1) is 0 Å². The fourth-order valence-electron chi connectivity index (χ4n) is 5.65. The number of benzene rings is 1. The van der Waals surface area contributed by atoms with E-state index in [9.17, 15) is 9.90 Å². The third-order valence-corrected chi connectivity index (χ3v) is 8.38. The number of nitrogens with one attached hydrogen (secondary N) is 3. The standard InChI is InChI=1S/C32H44N6O5/c1-21-29(43-20-35-21)19-42-26-10-9-22-14-27(33-17-24(22)13-26)28(39)18-34-32(40)23-15-30(36-25-7-5-4-6-8-25)37-31(16-23)38(2)11-12-41-3/h9-10,13,15-16,20,25,27-28,33,39H,4-8,11-12,14,17-19H2,1-3H3,(H,34,40)(H,36,37)/t27-,28+/m0/s1. The number of fused-ring (bicyclic) bond motifs is 1. The lowest BCUT2D eigenvalue weighted by molar-refractivity contribution is 0.0870. The Labute approximate surface area is 253 Å². The molecule has 0 radical (unpaired) electrons. The van der Waals surface area contributed by atoms with Crippen LogP contribution in [0.4, 0.5) is 11.6 Å². The molecule has 0 spiro atoms. The zero-order valence-corrected chi connectivity index (χ0v) is 25.4. The van der Waals surface area contributed by atoms with Gasteiger partial charge in [0.2, 0.25) is 0 Å². The number of ether oxygens (including phenoxy) is 2. The summed E-state index contributed by atoms with van der Waals surface area (Å²) in [6.45, 7) is 4.14. The molecule has 1 aliphatic heterocycles. The molecule has 232 valence electrons. The molecule has 4 N–H and O–H groups in total. The van der Waals surface area contributed by atoms with E-state index in [1.807, 2.05) is 43.1 Å². The first kappa shape index (κ1) is 30.8. The lowest BCUT2D eigenvalue weighted by atomic mass is 9.92. The molecule has 3 aromatic rings. The molecule has 43 heavy (non-hydrogen) atoms. The van der Waals surface area contributed by atoms with Crippen molar-refractivity contribution < 1.29 is 23.8 Å². The first-order chi connectivity index (χ1) is 20.9. The highest BCUT2D eigenvalue weighted by molar-refractivity contribution is 5.95. The monoisotopic (exact) mass is 592 g/mol. The maximum Gasteiger partial charge on any atom is 0.251 e. The largest absolute Gasteiger partial charge is 0.486 e. The van der Waals surface area contributed by atoms with Gasteiger partial charge in [0, 0.05) is 51.4 Å². The first-order valence-electron chi connectivity index (χ1n) is 15.2. The summed E-state index contributed by atoms with van der Waals surface area (Å²) in [5, 5.41) is 20.9. The zero-order chi connectivity index (χ0) is 30.2. The highest BCUT2D eigenvalue weighted by Crippen LogP contribution is 2.26. The van der Waals surface area contributed by atoms with Crippen molar-refractivity contribution >= 4 is 17.5 Å². The Morgan fingerprint density at radius 1 is 1.21 bits per heavy atom. The highest BCUT2D eigenvalue weighted by atomic mass is 16.5. The average molecular weight is 593 g/mol. The Morgan fingerprint density at radius 3 is 2.81 bits per heavy atom. The van der Waals surface area contributed by atoms with Crippen LogP contribution in [0.1, 0.15) is 65.0 Å². The van der Waals surface area contributed by atoms with Crippen LogP contribution in [0, 0.1) is 6.92 Å². The second kappa shape index (κ2) is 14.7. The molecule has 1 amide bonds. The number of methoxy groups -OCH3 is 1. The number of pyridine rings is 1. The fraction of sp³-hybridized carbons (Fsp3) is 0.531. The number of hydrogen-bond donors (Lipinski definition) is 4. The van der Waals surface area contributed by atoms with E-state index >= 15 is 0 Å². The molecule has 0 bridgehead atoms. The number of nitrogens with zero attached hydrogens (tertiary/aromatic N) is 3. The SMILES string of the molecule is COCCN(C)c1cc(C(=O)NC[C@@H](O)[C@@H]2Cc3ccc(OCc4ocnc4C)cc3CN2)cc(NC2CCCCC2)n1. The van der Waals surface area contributed by atoms with Crippen LogP contribution >= 0.6 is 0 Å². The normalized spacial score (nSPS) is 17.6. The van der Waals surface area contributed by atoms with E-state index in [0.29, 0.717) is 61.7 Å². The van der Waals surface area contributed by atoms with Crippen molar-refractivity contribution in [2.75, 3.05) is 44.1 Å². The molecule has 1 fully saturated rings. The minimum absolute atomic E-state index is 0.131. The number of oxazole rings is 1. The zero-order valence-electron chi connectivity index (χ0n) is 25.4. The van der Waals surface area contributed by atoms with Gasteiger partial charge in [-0.1, -0.05) is 25.3 Å². The van der Waals surface area contributed by atoms with Crippen LogP contribution in [0.2, 0.25) is 0 Å². The summed E-state index contributed by atoms with van der Waals surface area (Å²) in [5.41, 5.74) is 3.60. The molecular weight excluding hydrogens is 548 g/mol. The molecule has 5 rings (SSSR count). The van der Waals surface area contributed by atoms with Crippen LogP contribution in [-0.2, 0) is 24.3 Å². The number of aliphatic hydroxyl groups is 1. The average Bonchev–Trinajstić information content (AvgIpc) is 3.45. The van der Waals surface area contributed by atoms with Crippen molar-refractivity contribution in [2.45, 2.75) is 76.8 Å². The molecule has 1 aromatic carbocycles. The Kier molecular flexibility index (Phi) is 10.5. The number of likely N-dealkylation sites (N-methyl/N-ethyl adjacent to an activating group) is 1. The smallest absolute Gasteiger partial charge is 0.251 e. The predicted molar refractivity (Wildman–Crippen MR) is 165 cm³/mol. The van der Waals surface area contributed by atoms with Crippen LogP contribution < -0.4 is 25.6 Å². The Bertz CT molecular complexity index is 1360. The quantitative estimate of drug-likeness (QED) is 0.233. The van der Waals surface area contributed by atoms with E-state index in [4.69, 9.17) is 18.9 Å². The minimum atomic E-state index is -0.757. The molecular formula is C32H44N6O5. The van der Waals surface area contributed by atoms with Gasteiger partial charge < -0.3 is 39.8 Å². The van der Waals surface area contributed by atoms with E-state index < -0.39 is 6.10 Å². The highest BCUT2D eigenvalue weighted by Gasteiger charge is 2.26. The lowest BCUT2D eigenvalue weighted by Gasteiger charge is -2.30. The number of amides is 1. The van der Waals surface area contributed by atoms with E-state index in [0.717, 1.165) is 35.4 Å². The van der Waals surface area contributed by atoms with Gasteiger partial charge in [0.1, 0.15) is 24.0 Å². The maximum absolute atomic E-state index is 13.3. The van der Waals surface area contributed by atoms with E-state index in [1.54, 1.807) is 13.2 Å². The third-order valence-electron chi connectivity index (χ3n) is 8.38. The van der Waals surface area contributed by atoms with E-state index in [1.165, 1.54) is 25.7 Å². The summed E-state index contributed by atoms with van der Waals surface area (Å²) in [4.78, 5) is 24.2. The Hall–Kier alpha value is -3.67. The van der Waals surface area contributed by atoms with Crippen LogP contribution in [0.3, 0.4) is 0 Å². The summed E-state index contributed by atoms with van der Waals surface area (Å²) in [6.07, 6.45) is 7.19. The molecule has 3 heterocycles. The second-order valence-corrected chi connectivity index (χ2v) is 11.5. The fourth-order valence-corrected chi connectivity index (χ4v) is 5.65. The van der Waals surface area contributed by atoms with Crippen molar-refractivity contribution in [3.8, 4) is 5.75 Å². The van der Waals surface area contributed by atoms with Crippen molar-refractivity contribution in [1.82, 2.24) is 20.6 Å². The van der Waals surface area contributed by atoms with Crippen LogP contribution in [0.5, 0.6) is 5.75 Å². The van der Waals surface area contributed by atoms with Gasteiger partial charge in [-0.05, 0) is 61.6 Å². The number of rotatable bonds is 13. The number of aliphatic hydroxyl groups excluding tert-OH is 1. The molecule has 0 unspecified atom stereocenters. The number of aryl methyl sites for hydroxylation is 1. The summed E-state index contributed by atoms with van der Waals surface area (Å²) in [6, 6.07) is 9.76. The molecule has 1 saturated carbocycles. The molecule has 1 aliphatic carbocycles. The molecule has 11 nitrogen and oxygen atoms in total. The topological polar surface area (TPSA) is 134 Å². The van der Waals surface area contributed by atoms with Crippen molar-refractivity contribution in [3.05, 3.63) is 64.9 Å². The summed E-state index contributed by atoms with van der Waals surface area (Å²) in [7, 11) is 3.61. The van der Waals surface area contributed by atoms with E-state index in [2.05, 4.69) is 20.9 Å². The van der Waals surface area contributed by atoms with Gasteiger partial charge in [-0.25, -0.2) is 9.97 Å².